The molecule has 1 saturated carbocycles. The molecule has 1 saturated heterocycles. The minimum Gasteiger partial charge on any atom is -0.342 e. The van der Waals surface area contributed by atoms with Crippen LogP contribution in [-0.4, -0.2) is 29.9 Å². The molecular weight excluding hydrogens is 224 g/mol. The van der Waals surface area contributed by atoms with Crippen LogP contribution in [0.1, 0.15) is 52.4 Å². The molecule has 1 aliphatic heterocycles. The van der Waals surface area contributed by atoms with Crippen molar-refractivity contribution in [1.82, 2.24) is 4.90 Å². The first-order valence-electron chi connectivity index (χ1n) is 7.67. The Morgan fingerprint density at radius 2 is 2.11 bits per heavy atom. The van der Waals surface area contributed by atoms with E-state index in [0.717, 1.165) is 31.8 Å². The van der Waals surface area contributed by atoms with Gasteiger partial charge in [0.15, 0.2) is 0 Å². The highest BCUT2D eigenvalue weighted by Gasteiger charge is 2.37. The van der Waals surface area contributed by atoms with Crippen molar-refractivity contribution < 1.29 is 4.79 Å². The first kappa shape index (κ1) is 13.9. The summed E-state index contributed by atoms with van der Waals surface area (Å²) >= 11 is 0. The van der Waals surface area contributed by atoms with E-state index in [4.69, 9.17) is 5.73 Å². The summed E-state index contributed by atoms with van der Waals surface area (Å²) in [5, 5.41) is 0. The molecule has 1 aliphatic carbocycles. The molecule has 0 bridgehead atoms. The molecule has 2 rings (SSSR count). The van der Waals surface area contributed by atoms with Crippen LogP contribution in [0.15, 0.2) is 0 Å². The van der Waals surface area contributed by atoms with Gasteiger partial charge in [-0.25, -0.2) is 0 Å². The maximum absolute atomic E-state index is 12.6. The molecule has 1 heterocycles. The molecule has 2 N–H and O–H groups in total. The number of nitrogens with zero attached hydrogens (tertiary/aromatic N) is 1. The van der Waals surface area contributed by atoms with Crippen LogP contribution in [-0.2, 0) is 4.79 Å². The molecule has 4 unspecified atom stereocenters. The molecule has 2 fully saturated rings. The smallest absolute Gasteiger partial charge is 0.227 e. The molecule has 0 aromatic heterocycles. The first-order valence-corrected chi connectivity index (χ1v) is 7.67. The van der Waals surface area contributed by atoms with Gasteiger partial charge in [0.2, 0.25) is 5.91 Å². The SMILES string of the molecule is CCCC1CCN(C(=O)C2CCCC(C)C2N)C1. The summed E-state index contributed by atoms with van der Waals surface area (Å²) in [7, 11) is 0. The Bertz CT molecular complexity index is 292. The molecule has 1 amide bonds. The Morgan fingerprint density at radius 1 is 1.33 bits per heavy atom. The molecule has 3 heteroatoms. The van der Waals surface area contributed by atoms with Gasteiger partial charge in [-0.1, -0.05) is 26.7 Å². The van der Waals surface area contributed by atoms with E-state index in [1.54, 1.807) is 0 Å². The van der Waals surface area contributed by atoms with E-state index in [-0.39, 0.29) is 12.0 Å². The van der Waals surface area contributed by atoms with Gasteiger partial charge < -0.3 is 10.6 Å². The number of carbonyl (C=O) groups excluding carboxylic acids is 1. The number of hydrogen-bond donors (Lipinski definition) is 1. The maximum Gasteiger partial charge on any atom is 0.227 e. The summed E-state index contributed by atoms with van der Waals surface area (Å²) in [6.45, 7) is 6.35. The molecule has 104 valence electrons. The molecule has 0 aromatic rings. The van der Waals surface area contributed by atoms with Gasteiger partial charge in [-0.05, 0) is 37.5 Å². The fourth-order valence-corrected chi connectivity index (χ4v) is 3.64. The molecular formula is C15H28N2O. The van der Waals surface area contributed by atoms with E-state index in [1.807, 2.05) is 0 Å². The summed E-state index contributed by atoms with van der Waals surface area (Å²) in [5.74, 6) is 1.67. The fourth-order valence-electron chi connectivity index (χ4n) is 3.64. The lowest BCUT2D eigenvalue weighted by molar-refractivity contribution is -0.136. The van der Waals surface area contributed by atoms with Crippen LogP contribution >= 0.6 is 0 Å². The Hall–Kier alpha value is -0.570. The van der Waals surface area contributed by atoms with Crippen molar-refractivity contribution in [2.75, 3.05) is 13.1 Å². The average molecular weight is 252 g/mol. The quantitative estimate of drug-likeness (QED) is 0.838. The van der Waals surface area contributed by atoms with Gasteiger partial charge >= 0.3 is 0 Å². The monoisotopic (exact) mass is 252 g/mol. The second kappa shape index (κ2) is 6.05. The Kier molecular flexibility index (Phi) is 4.66. The van der Waals surface area contributed by atoms with Crippen LogP contribution in [0.3, 0.4) is 0 Å². The number of likely N-dealkylation sites (tertiary alicyclic amines) is 1. The molecule has 0 spiro atoms. The number of carbonyl (C=O) groups is 1. The lowest BCUT2D eigenvalue weighted by Gasteiger charge is -2.35. The van der Waals surface area contributed by atoms with Gasteiger partial charge in [0, 0.05) is 19.1 Å². The van der Waals surface area contributed by atoms with E-state index in [0.29, 0.717) is 11.8 Å². The van der Waals surface area contributed by atoms with Crippen LogP contribution in [0.25, 0.3) is 0 Å². The standard InChI is InChI=1S/C15H28N2O/c1-3-5-12-8-9-17(10-12)15(18)13-7-4-6-11(2)14(13)16/h11-14H,3-10,16H2,1-2H3. The largest absolute Gasteiger partial charge is 0.342 e. The van der Waals surface area contributed by atoms with Crippen molar-refractivity contribution in [2.24, 2.45) is 23.5 Å². The van der Waals surface area contributed by atoms with Gasteiger partial charge in [-0.15, -0.1) is 0 Å². The summed E-state index contributed by atoms with van der Waals surface area (Å²) in [6.07, 6.45) is 7.03. The predicted molar refractivity (Wildman–Crippen MR) is 74.1 cm³/mol. The number of rotatable bonds is 3. The van der Waals surface area contributed by atoms with Crippen molar-refractivity contribution in [1.29, 1.82) is 0 Å². The van der Waals surface area contributed by atoms with Gasteiger partial charge in [0.05, 0.1) is 5.92 Å². The van der Waals surface area contributed by atoms with Crippen LogP contribution in [0.2, 0.25) is 0 Å². The third kappa shape index (κ3) is 2.87. The lowest BCUT2D eigenvalue weighted by atomic mass is 9.77. The average Bonchev–Trinajstić information content (AvgIpc) is 2.81. The third-order valence-electron chi connectivity index (χ3n) is 4.91. The fraction of sp³-hybridized carbons (Fsp3) is 0.933. The van der Waals surface area contributed by atoms with E-state index in [9.17, 15) is 4.79 Å². The highest BCUT2D eigenvalue weighted by molar-refractivity contribution is 5.80. The van der Waals surface area contributed by atoms with Gasteiger partial charge in [-0.3, -0.25) is 4.79 Å². The van der Waals surface area contributed by atoms with Gasteiger partial charge in [0.1, 0.15) is 0 Å². The number of amides is 1. The number of hydrogen-bond acceptors (Lipinski definition) is 2. The highest BCUT2D eigenvalue weighted by atomic mass is 16.2. The van der Waals surface area contributed by atoms with Gasteiger partial charge in [0.25, 0.3) is 0 Å². The minimum absolute atomic E-state index is 0.0801. The molecule has 3 nitrogen and oxygen atoms in total. The summed E-state index contributed by atoms with van der Waals surface area (Å²) in [6, 6.07) is 0.0801. The van der Waals surface area contributed by atoms with Crippen molar-refractivity contribution in [3.8, 4) is 0 Å². The zero-order valence-electron chi connectivity index (χ0n) is 11.9. The number of nitrogens with two attached hydrogens (primary N) is 1. The van der Waals surface area contributed by atoms with Crippen LogP contribution in [0.5, 0.6) is 0 Å². The van der Waals surface area contributed by atoms with Crippen LogP contribution < -0.4 is 5.73 Å². The van der Waals surface area contributed by atoms with Crippen molar-refractivity contribution in [3.05, 3.63) is 0 Å². The molecule has 0 radical (unpaired) electrons. The van der Waals surface area contributed by atoms with E-state index < -0.39 is 0 Å². The maximum atomic E-state index is 12.6. The highest BCUT2D eigenvalue weighted by Crippen LogP contribution is 2.31. The summed E-state index contributed by atoms with van der Waals surface area (Å²) < 4.78 is 0. The summed E-state index contributed by atoms with van der Waals surface area (Å²) in [4.78, 5) is 14.6. The van der Waals surface area contributed by atoms with Crippen molar-refractivity contribution in [3.63, 3.8) is 0 Å². The zero-order valence-corrected chi connectivity index (χ0v) is 11.9. The topological polar surface area (TPSA) is 46.3 Å². The minimum atomic E-state index is 0.0801. The Balaban J connectivity index is 1.91. The second-order valence-corrected chi connectivity index (χ2v) is 6.32. The first-order chi connectivity index (χ1) is 8.63. The third-order valence-corrected chi connectivity index (χ3v) is 4.91. The molecule has 4 atom stereocenters. The van der Waals surface area contributed by atoms with Crippen LogP contribution in [0.4, 0.5) is 0 Å². The molecule has 0 aromatic carbocycles. The molecule has 2 aliphatic rings. The zero-order chi connectivity index (χ0) is 13.1. The van der Waals surface area contributed by atoms with Crippen molar-refractivity contribution >= 4 is 5.91 Å². The van der Waals surface area contributed by atoms with E-state index >= 15 is 0 Å². The molecule has 18 heavy (non-hydrogen) atoms. The van der Waals surface area contributed by atoms with E-state index in [1.165, 1.54) is 25.7 Å². The normalized spacial score (nSPS) is 36.9. The second-order valence-electron chi connectivity index (χ2n) is 6.32. The van der Waals surface area contributed by atoms with Crippen molar-refractivity contribution in [2.45, 2.75) is 58.4 Å². The Morgan fingerprint density at radius 3 is 2.83 bits per heavy atom. The Labute approximate surface area is 111 Å². The predicted octanol–water partition coefficient (Wildman–Crippen LogP) is 2.40. The van der Waals surface area contributed by atoms with E-state index in [2.05, 4.69) is 18.7 Å². The summed E-state index contributed by atoms with van der Waals surface area (Å²) in [5.41, 5.74) is 6.24. The van der Waals surface area contributed by atoms with Crippen LogP contribution in [0, 0.1) is 17.8 Å². The lowest BCUT2D eigenvalue weighted by Crippen LogP contribution is -2.48. The van der Waals surface area contributed by atoms with Gasteiger partial charge in [-0.2, -0.15) is 0 Å².